The van der Waals surface area contributed by atoms with Crippen LogP contribution in [0.15, 0.2) is 42.5 Å². The minimum atomic E-state index is 0.518. The zero-order valence-electron chi connectivity index (χ0n) is 12.7. The second-order valence-corrected chi connectivity index (χ2v) is 5.52. The molecule has 2 aromatic rings. The van der Waals surface area contributed by atoms with Crippen LogP contribution < -0.4 is 10.6 Å². The highest BCUT2D eigenvalue weighted by Crippen LogP contribution is 2.21. The lowest BCUT2D eigenvalue weighted by Crippen LogP contribution is -2.21. The molecule has 0 spiro atoms. The molecule has 0 aromatic heterocycles. The van der Waals surface area contributed by atoms with E-state index < -0.39 is 0 Å². The number of rotatable bonds is 3. The number of benzene rings is 2. The van der Waals surface area contributed by atoms with Crippen LogP contribution in [0, 0.1) is 6.92 Å². The summed E-state index contributed by atoms with van der Waals surface area (Å²) in [7, 11) is 0. The molecule has 21 heavy (non-hydrogen) atoms. The molecule has 0 aliphatic heterocycles. The van der Waals surface area contributed by atoms with Crippen LogP contribution in [-0.4, -0.2) is 13.1 Å². The van der Waals surface area contributed by atoms with E-state index in [1.54, 1.807) is 18.2 Å². The van der Waals surface area contributed by atoms with Crippen LogP contribution in [-0.2, 0) is 0 Å². The molecule has 0 fully saturated rings. The fourth-order valence-corrected chi connectivity index (χ4v) is 2.23. The van der Waals surface area contributed by atoms with Crippen molar-refractivity contribution in [2.24, 2.45) is 0 Å². The van der Waals surface area contributed by atoms with Crippen molar-refractivity contribution in [3.05, 3.63) is 58.1 Å². The molecule has 0 bridgehead atoms. The number of nitrogens with zero attached hydrogens (tertiary/aromatic N) is 1. The van der Waals surface area contributed by atoms with Crippen LogP contribution in [0.25, 0.3) is 0 Å². The van der Waals surface area contributed by atoms with Crippen LogP contribution in [0.2, 0.25) is 10.0 Å². The van der Waals surface area contributed by atoms with Gasteiger partial charge in [-0.25, -0.2) is 0 Å². The van der Waals surface area contributed by atoms with Crippen LogP contribution >= 0.6 is 23.2 Å². The predicted molar refractivity (Wildman–Crippen MR) is 95.6 cm³/mol. The Morgan fingerprint density at radius 3 is 2.14 bits per heavy atom. The molecule has 2 N–H and O–H groups in total. The first kappa shape index (κ1) is 17.7. The minimum absolute atomic E-state index is 0.518. The van der Waals surface area contributed by atoms with Crippen LogP contribution in [0.1, 0.15) is 19.4 Å². The van der Waals surface area contributed by atoms with Gasteiger partial charge < -0.3 is 10.6 Å². The molecule has 2 rings (SSSR count). The van der Waals surface area contributed by atoms with E-state index in [1.807, 2.05) is 0 Å². The molecule has 0 amide bonds. The van der Waals surface area contributed by atoms with E-state index in [9.17, 15) is 0 Å². The molecule has 0 radical (unpaired) electrons. The summed E-state index contributed by atoms with van der Waals surface area (Å²) in [6.07, 6.45) is 0. The molecule has 0 saturated carbocycles. The number of halogens is 2. The number of nitrogen functional groups attached to an aromatic ring is 1. The lowest BCUT2D eigenvalue weighted by molar-refractivity contribution is 0.865. The maximum absolute atomic E-state index is 5.60. The van der Waals surface area contributed by atoms with Gasteiger partial charge in [-0.2, -0.15) is 0 Å². The molecular weight excluding hydrogens is 303 g/mol. The zero-order valence-corrected chi connectivity index (χ0v) is 14.2. The molecule has 0 saturated heterocycles. The van der Waals surface area contributed by atoms with Gasteiger partial charge in [-0.3, -0.25) is 0 Å². The normalized spacial score (nSPS) is 9.76. The lowest BCUT2D eigenvalue weighted by atomic mass is 10.2. The number of nitrogens with two attached hydrogens (primary N) is 1. The standard InChI is InChI=1S/C11H17N.C6H5Cl2N/c1-4-12(5-2)11-8-6-7-10(3)9-11;7-4-1-2-5(8)6(9)3-4/h6-9H,4-5H2,1-3H3;1-3H,9H2. The molecule has 2 nitrogen and oxygen atoms in total. The SMILES string of the molecule is CCN(CC)c1cccc(C)c1.Nc1cc(Cl)ccc1Cl. The first-order chi connectivity index (χ1) is 9.97. The Morgan fingerprint density at radius 2 is 1.67 bits per heavy atom. The third-order valence-electron chi connectivity index (χ3n) is 3.09. The maximum Gasteiger partial charge on any atom is 0.0636 e. The summed E-state index contributed by atoms with van der Waals surface area (Å²) in [5, 5.41) is 1.15. The second-order valence-electron chi connectivity index (χ2n) is 4.68. The van der Waals surface area contributed by atoms with Gasteiger partial charge in [-0.05, 0) is 56.7 Å². The van der Waals surface area contributed by atoms with E-state index in [0.29, 0.717) is 15.7 Å². The second kappa shape index (κ2) is 8.81. The van der Waals surface area contributed by atoms with Gasteiger partial charge in [0.05, 0.1) is 10.7 Å². The largest absolute Gasteiger partial charge is 0.397 e. The van der Waals surface area contributed by atoms with Crippen LogP contribution in [0.5, 0.6) is 0 Å². The fraction of sp³-hybridized carbons (Fsp3) is 0.294. The number of hydrogen-bond donors (Lipinski definition) is 1. The number of aryl methyl sites for hydroxylation is 1. The molecule has 0 atom stereocenters. The van der Waals surface area contributed by atoms with E-state index in [1.165, 1.54) is 11.3 Å². The summed E-state index contributed by atoms with van der Waals surface area (Å²) in [5.74, 6) is 0. The maximum atomic E-state index is 5.60. The van der Waals surface area contributed by atoms with Gasteiger partial charge in [0, 0.05) is 23.8 Å². The molecule has 0 unspecified atom stereocenters. The smallest absolute Gasteiger partial charge is 0.0636 e. The van der Waals surface area contributed by atoms with Crippen molar-refractivity contribution in [1.82, 2.24) is 0 Å². The van der Waals surface area contributed by atoms with Crippen LogP contribution in [0.4, 0.5) is 11.4 Å². The molecule has 0 heterocycles. The molecule has 0 aliphatic rings. The summed E-state index contributed by atoms with van der Waals surface area (Å²) >= 11 is 11.2. The third kappa shape index (κ3) is 5.86. The van der Waals surface area contributed by atoms with E-state index in [0.717, 1.165) is 13.1 Å². The summed E-state index contributed by atoms with van der Waals surface area (Å²) in [4.78, 5) is 2.35. The van der Waals surface area contributed by atoms with Gasteiger partial charge in [0.15, 0.2) is 0 Å². The first-order valence-corrected chi connectivity index (χ1v) is 7.75. The van der Waals surface area contributed by atoms with Crippen LogP contribution in [0.3, 0.4) is 0 Å². The van der Waals surface area contributed by atoms with E-state index in [-0.39, 0.29) is 0 Å². The van der Waals surface area contributed by atoms with E-state index >= 15 is 0 Å². The quantitative estimate of drug-likeness (QED) is 0.764. The average molecular weight is 325 g/mol. The Hall–Kier alpha value is -1.38. The van der Waals surface area contributed by atoms with Crippen molar-refractivity contribution in [1.29, 1.82) is 0 Å². The van der Waals surface area contributed by atoms with E-state index in [4.69, 9.17) is 28.9 Å². The van der Waals surface area contributed by atoms with Crippen molar-refractivity contribution < 1.29 is 0 Å². The molecular formula is C17H22Cl2N2. The van der Waals surface area contributed by atoms with Gasteiger partial charge in [0.25, 0.3) is 0 Å². The monoisotopic (exact) mass is 324 g/mol. The van der Waals surface area contributed by atoms with Crippen molar-refractivity contribution in [3.63, 3.8) is 0 Å². The Balaban J connectivity index is 0.000000219. The predicted octanol–water partition coefficient (Wildman–Crippen LogP) is 5.42. The van der Waals surface area contributed by atoms with Crippen molar-refractivity contribution in [3.8, 4) is 0 Å². The first-order valence-electron chi connectivity index (χ1n) is 7.00. The highest BCUT2D eigenvalue weighted by atomic mass is 35.5. The van der Waals surface area contributed by atoms with Gasteiger partial charge in [0.1, 0.15) is 0 Å². The topological polar surface area (TPSA) is 29.3 Å². The highest BCUT2D eigenvalue weighted by molar-refractivity contribution is 6.35. The Morgan fingerprint density at radius 1 is 1.00 bits per heavy atom. The molecule has 0 aliphatic carbocycles. The van der Waals surface area contributed by atoms with Crippen molar-refractivity contribution in [2.75, 3.05) is 23.7 Å². The van der Waals surface area contributed by atoms with Gasteiger partial charge in [0.2, 0.25) is 0 Å². The zero-order chi connectivity index (χ0) is 15.8. The van der Waals surface area contributed by atoms with Crippen molar-refractivity contribution in [2.45, 2.75) is 20.8 Å². The lowest BCUT2D eigenvalue weighted by Gasteiger charge is -2.21. The summed E-state index contributed by atoms with van der Waals surface area (Å²) in [5.41, 5.74) is 8.59. The third-order valence-corrected chi connectivity index (χ3v) is 3.67. The van der Waals surface area contributed by atoms with Gasteiger partial charge in [-0.15, -0.1) is 0 Å². The number of hydrogen-bond acceptors (Lipinski definition) is 2. The Labute approximate surface area is 137 Å². The van der Waals surface area contributed by atoms with E-state index in [2.05, 4.69) is 49.9 Å². The van der Waals surface area contributed by atoms with Gasteiger partial charge in [-0.1, -0.05) is 35.3 Å². The molecule has 4 heteroatoms. The minimum Gasteiger partial charge on any atom is -0.397 e. The molecule has 114 valence electrons. The Kier molecular flexibility index (Phi) is 7.41. The molecule has 2 aromatic carbocycles. The summed E-state index contributed by atoms with van der Waals surface area (Å²) in [6, 6.07) is 13.6. The summed E-state index contributed by atoms with van der Waals surface area (Å²) in [6.45, 7) is 8.67. The Bertz CT molecular complexity index is 566. The fourth-order valence-electron chi connectivity index (χ4n) is 1.93. The summed E-state index contributed by atoms with van der Waals surface area (Å²) < 4.78 is 0. The number of anilines is 2. The highest BCUT2D eigenvalue weighted by Gasteiger charge is 1.99. The average Bonchev–Trinajstić information content (AvgIpc) is 2.45. The van der Waals surface area contributed by atoms with Crippen molar-refractivity contribution >= 4 is 34.6 Å². The van der Waals surface area contributed by atoms with Gasteiger partial charge >= 0.3 is 0 Å².